The molecule has 1 atom stereocenters. The van der Waals surface area contributed by atoms with Crippen LogP contribution in [0.15, 0.2) is 54.7 Å². The lowest BCUT2D eigenvalue weighted by molar-refractivity contribution is 0.0728. The molecule has 0 unspecified atom stereocenters. The molecule has 2 aliphatic rings. The van der Waals surface area contributed by atoms with Gasteiger partial charge in [0.25, 0.3) is 5.91 Å². The standard InChI is InChI=1S/C21H20N4O3/c26-21(17-14-22-25(23-17)16-5-2-1-3-6-16)24-10-4-7-18(24)15-8-9-19-20(13-15)28-12-11-27-19/h1-3,5-6,8-9,13-14,18H,4,7,10-12H2/t18-/m1/s1. The van der Waals surface area contributed by atoms with Crippen LogP contribution in [0.25, 0.3) is 5.69 Å². The highest BCUT2D eigenvalue weighted by Crippen LogP contribution is 2.38. The van der Waals surface area contributed by atoms with Gasteiger partial charge >= 0.3 is 0 Å². The van der Waals surface area contributed by atoms with Crippen LogP contribution in [-0.4, -0.2) is 45.6 Å². The fourth-order valence-corrected chi connectivity index (χ4v) is 3.82. The van der Waals surface area contributed by atoms with E-state index in [-0.39, 0.29) is 11.9 Å². The number of carbonyl (C=O) groups excluding carboxylic acids is 1. The van der Waals surface area contributed by atoms with Crippen molar-refractivity contribution in [3.05, 3.63) is 66.0 Å². The number of aromatic nitrogens is 3. The van der Waals surface area contributed by atoms with Crippen molar-refractivity contribution in [1.82, 2.24) is 19.9 Å². The monoisotopic (exact) mass is 376 g/mol. The predicted molar refractivity (Wildman–Crippen MR) is 102 cm³/mol. The lowest BCUT2D eigenvalue weighted by Crippen LogP contribution is -2.31. The minimum absolute atomic E-state index is 0.00482. The molecule has 0 saturated carbocycles. The van der Waals surface area contributed by atoms with E-state index in [9.17, 15) is 4.79 Å². The summed E-state index contributed by atoms with van der Waals surface area (Å²) < 4.78 is 11.3. The number of hydrogen-bond acceptors (Lipinski definition) is 5. The van der Waals surface area contributed by atoms with Gasteiger partial charge in [0.05, 0.1) is 17.9 Å². The maximum absolute atomic E-state index is 13.1. The zero-order valence-electron chi connectivity index (χ0n) is 15.3. The smallest absolute Gasteiger partial charge is 0.276 e. The summed E-state index contributed by atoms with van der Waals surface area (Å²) in [5.74, 6) is 1.41. The van der Waals surface area contributed by atoms with Crippen LogP contribution in [0.3, 0.4) is 0 Å². The van der Waals surface area contributed by atoms with Crippen LogP contribution in [0.5, 0.6) is 11.5 Å². The first-order valence-electron chi connectivity index (χ1n) is 9.48. The Bertz CT molecular complexity index is 1000. The van der Waals surface area contributed by atoms with E-state index in [1.165, 1.54) is 11.0 Å². The lowest BCUT2D eigenvalue weighted by atomic mass is 10.0. The van der Waals surface area contributed by atoms with Crippen LogP contribution in [0.1, 0.15) is 34.9 Å². The minimum atomic E-state index is -0.0976. The van der Waals surface area contributed by atoms with E-state index in [1.54, 1.807) is 0 Å². The summed E-state index contributed by atoms with van der Waals surface area (Å²) in [6.45, 7) is 1.82. The Labute approximate surface area is 162 Å². The van der Waals surface area contributed by atoms with E-state index >= 15 is 0 Å². The molecule has 3 heterocycles. The molecule has 7 nitrogen and oxygen atoms in total. The summed E-state index contributed by atoms with van der Waals surface area (Å²) in [6, 6.07) is 15.5. The van der Waals surface area contributed by atoms with Crippen molar-refractivity contribution in [2.45, 2.75) is 18.9 Å². The van der Waals surface area contributed by atoms with Gasteiger partial charge in [-0.05, 0) is 42.7 Å². The van der Waals surface area contributed by atoms with Crippen LogP contribution >= 0.6 is 0 Å². The van der Waals surface area contributed by atoms with Gasteiger partial charge in [0, 0.05) is 6.54 Å². The summed E-state index contributed by atoms with van der Waals surface area (Å²) in [6.07, 6.45) is 3.41. The molecule has 0 radical (unpaired) electrons. The molecule has 0 aliphatic carbocycles. The number of hydrogen-bond donors (Lipinski definition) is 0. The summed E-state index contributed by atoms with van der Waals surface area (Å²) in [4.78, 5) is 16.5. The van der Waals surface area contributed by atoms with Crippen LogP contribution in [0.2, 0.25) is 0 Å². The molecule has 5 rings (SSSR count). The largest absolute Gasteiger partial charge is 0.486 e. The number of fused-ring (bicyclic) bond motifs is 1. The Hall–Kier alpha value is -3.35. The first-order valence-corrected chi connectivity index (χ1v) is 9.48. The molecule has 1 amide bonds. The van der Waals surface area contributed by atoms with Gasteiger partial charge in [0.2, 0.25) is 0 Å². The summed E-state index contributed by atoms with van der Waals surface area (Å²) in [7, 11) is 0. The van der Waals surface area contributed by atoms with Crippen LogP contribution in [-0.2, 0) is 0 Å². The molecule has 2 aromatic carbocycles. The van der Waals surface area contributed by atoms with Crippen molar-refractivity contribution < 1.29 is 14.3 Å². The fraction of sp³-hybridized carbons (Fsp3) is 0.286. The molecule has 28 heavy (non-hydrogen) atoms. The molecule has 2 aliphatic heterocycles. The second-order valence-corrected chi connectivity index (χ2v) is 6.91. The quantitative estimate of drug-likeness (QED) is 0.703. The second kappa shape index (κ2) is 6.99. The zero-order valence-corrected chi connectivity index (χ0v) is 15.3. The van der Waals surface area contributed by atoms with Gasteiger partial charge in [-0.15, -0.1) is 5.10 Å². The first kappa shape index (κ1) is 16.8. The van der Waals surface area contributed by atoms with Crippen molar-refractivity contribution in [3.63, 3.8) is 0 Å². The molecule has 0 spiro atoms. The Kier molecular flexibility index (Phi) is 4.20. The third-order valence-electron chi connectivity index (χ3n) is 5.16. The molecule has 3 aromatic rings. The molecule has 7 heteroatoms. The van der Waals surface area contributed by atoms with Crippen molar-refractivity contribution in [3.8, 4) is 17.2 Å². The van der Waals surface area contributed by atoms with Crippen LogP contribution < -0.4 is 9.47 Å². The summed E-state index contributed by atoms with van der Waals surface area (Å²) in [5, 5.41) is 8.65. The third-order valence-corrected chi connectivity index (χ3v) is 5.16. The minimum Gasteiger partial charge on any atom is -0.486 e. The average molecular weight is 376 g/mol. The lowest BCUT2D eigenvalue weighted by Gasteiger charge is -2.26. The van der Waals surface area contributed by atoms with E-state index in [1.807, 2.05) is 53.4 Å². The number of likely N-dealkylation sites (tertiary alicyclic amines) is 1. The van der Waals surface area contributed by atoms with Gasteiger partial charge < -0.3 is 14.4 Å². The molecule has 1 aromatic heterocycles. The number of benzene rings is 2. The van der Waals surface area contributed by atoms with Crippen LogP contribution in [0, 0.1) is 0 Å². The van der Waals surface area contributed by atoms with Crippen LogP contribution in [0.4, 0.5) is 0 Å². The molecular formula is C21H20N4O3. The van der Waals surface area contributed by atoms with Crippen molar-refractivity contribution in [2.24, 2.45) is 0 Å². The Morgan fingerprint density at radius 3 is 2.71 bits per heavy atom. The van der Waals surface area contributed by atoms with Gasteiger partial charge in [-0.3, -0.25) is 4.79 Å². The normalized spacial score (nSPS) is 18.3. The summed E-state index contributed by atoms with van der Waals surface area (Å²) >= 11 is 0. The summed E-state index contributed by atoms with van der Waals surface area (Å²) in [5.41, 5.74) is 2.24. The predicted octanol–water partition coefficient (Wildman–Crippen LogP) is 3.02. The number of amides is 1. The second-order valence-electron chi connectivity index (χ2n) is 6.91. The number of rotatable bonds is 3. The number of carbonyl (C=O) groups is 1. The van der Waals surface area contributed by atoms with Gasteiger partial charge in [0.1, 0.15) is 13.2 Å². The molecule has 1 fully saturated rings. The SMILES string of the molecule is O=C(c1cnn(-c2ccccc2)n1)N1CCC[C@@H]1c1ccc2c(c1)OCCO2. The van der Waals surface area contributed by atoms with E-state index in [0.717, 1.165) is 35.6 Å². The number of ether oxygens (including phenoxy) is 2. The molecule has 0 N–H and O–H groups in total. The van der Waals surface area contributed by atoms with E-state index < -0.39 is 0 Å². The van der Waals surface area contributed by atoms with Gasteiger partial charge in [0.15, 0.2) is 17.2 Å². The van der Waals surface area contributed by atoms with Gasteiger partial charge in [-0.25, -0.2) is 0 Å². The maximum atomic E-state index is 13.1. The Balaban J connectivity index is 1.40. The highest BCUT2D eigenvalue weighted by Gasteiger charge is 2.32. The molecule has 1 saturated heterocycles. The van der Waals surface area contributed by atoms with Gasteiger partial charge in [-0.2, -0.15) is 9.90 Å². The number of para-hydroxylation sites is 1. The van der Waals surface area contributed by atoms with E-state index in [0.29, 0.717) is 25.5 Å². The molecule has 142 valence electrons. The highest BCUT2D eigenvalue weighted by molar-refractivity contribution is 5.92. The fourth-order valence-electron chi connectivity index (χ4n) is 3.82. The Morgan fingerprint density at radius 1 is 1.04 bits per heavy atom. The Morgan fingerprint density at radius 2 is 1.86 bits per heavy atom. The maximum Gasteiger partial charge on any atom is 0.276 e. The molecule has 0 bridgehead atoms. The van der Waals surface area contributed by atoms with Crippen molar-refractivity contribution in [1.29, 1.82) is 0 Å². The van der Waals surface area contributed by atoms with Crippen molar-refractivity contribution >= 4 is 5.91 Å². The molecular weight excluding hydrogens is 356 g/mol. The topological polar surface area (TPSA) is 69.5 Å². The average Bonchev–Trinajstić information content (AvgIpc) is 3.44. The van der Waals surface area contributed by atoms with Gasteiger partial charge in [-0.1, -0.05) is 24.3 Å². The van der Waals surface area contributed by atoms with Crippen molar-refractivity contribution in [2.75, 3.05) is 19.8 Å². The zero-order chi connectivity index (χ0) is 18.9. The third kappa shape index (κ3) is 2.98. The highest BCUT2D eigenvalue weighted by atomic mass is 16.6. The van der Waals surface area contributed by atoms with E-state index in [2.05, 4.69) is 10.2 Å². The first-order chi connectivity index (χ1) is 13.8. The van der Waals surface area contributed by atoms with E-state index in [4.69, 9.17) is 9.47 Å². The number of nitrogens with zero attached hydrogens (tertiary/aromatic N) is 4.